The van der Waals surface area contributed by atoms with E-state index in [4.69, 9.17) is 5.11 Å². The van der Waals surface area contributed by atoms with E-state index >= 15 is 0 Å². The Morgan fingerprint density at radius 3 is 2.62 bits per heavy atom. The molecule has 0 aliphatic heterocycles. The second-order valence-corrected chi connectivity index (χ2v) is 3.49. The second kappa shape index (κ2) is 2.22. The Hall–Kier alpha value is -1.11. The van der Waals surface area contributed by atoms with Gasteiger partial charge in [-0.3, -0.25) is 4.79 Å². The average Bonchev–Trinajstić information content (AvgIpc) is 2.52. The minimum absolute atomic E-state index is 0.144. The fourth-order valence-electron chi connectivity index (χ4n) is 1.26. The molecular weight excluding hydrogens is 202 g/mol. The number of nitrogens with zero attached hydrogens (tertiary/aromatic N) is 2. The summed E-state index contributed by atoms with van der Waals surface area (Å²) in [7, 11) is 0. The van der Waals surface area contributed by atoms with Crippen molar-refractivity contribution < 1.29 is 18.7 Å². The van der Waals surface area contributed by atoms with Gasteiger partial charge in [-0.05, 0) is 11.5 Å². The molecule has 1 fully saturated rings. The predicted octanol–water partition coefficient (Wildman–Crippen LogP) is 0.900. The smallest absolute Gasteiger partial charge is 0.322 e. The van der Waals surface area contributed by atoms with Crippen LogP contribution in [0.4, 0.5) is 8.78 Å². The van der Waals surface area contributed by atoms with Crippen molar-refractivity contribution in [3.63, 3.8) is 0 Å². The summed E-state index contributed by atoms with van der Waals surface area (Å²) in [5.41, 5.74) is -2.25. The maximum atomic E-state index is 12.8. The van der Waals surface area contributed by atoms with Crippen molar-refractivity contribution in [1.82, 2.24) is 9.59 Å². The van der Waals surface area contributed by atoms with E-state index < -0.39 is 23.7 Å². The zero-order chi connectivity index (χ0) is 9.69. The quantitative estimate of drug-likeness (QED) is 0.780. The van der Waals surface area contributed by atoms with Crippen LogP contribution >= 0.6 is 11.5 Å². The third-order valence-electron chi connectivity index (χ3n) is 2.15. The molecular formula is C6H4F2N2O2S. The van der Waals surface area contributed by atoms with Crippen LogP contribution in [0.3, 0.4) is 0 Å². The SMILES string of the molecule is O=C(O)C1(c2csnn2)CC1(F)F. The number of aliphatic carboxylic acids is 1. The van der Waals surface area contributed by atoms with E-state index in [2.05, 4.69) is 9.59 Å². The lowest BCUT2D eigenvalue weighted by Crippen LogP contribution is -2.27. The Labute approximate surface area is 75.4 Å². The minimum Gasteiger partial charge on any atom is -0.480 e. The molecule has 1 unspecified atom stereocenters. The lowest BCUT2D eigenvalue weighted by atomic mass is 10.0. The molecule has 1 aromatic heterocycles. The minimum atomic E-state index is -3.19. The highest BCUT2D eigenvalue weighted by molar-refractivity contribution is 7.03. The molecule has 1 N–H and O–H groups in total. The predicted molar refractivity (Wildman–Crippen MR) is 38.8 cm³/mol. The van der Waals surface area contributed by atoms with Gasteiger partial charge < -0.3 is 5.11 Å². The van der Waals surface area contributed by atoms with Crippen LogP contribution in [0.25, 0.3) is 0 Å². The Balaban J connectivity index is 2.45. The van der Waals surface area contributed by atoms with Crippen LogP contribution in [0.15, 0.2) is 5.38 Å². The van der Waals surface area contributed by atoms with Crippen LogP contribution in [-0.2, 0) is 10.2 Å². The van der Waals surface area contributed by atoms with E-state index in [-0.39, 0.29) is 5.69 Å². The average molecular weight is 206 g/mol. The molecule has 0 aromatic carbocycles. The number of aromatic nitrogens is 2. The number of carboxylic acid groups (broad SMARTS) is 1. The monoisotopic (exact) mass is 206 g/mol. The first-order valence-electron chi connectivity index (χ1n) is 3.39. The Morgan fingerprint density at radius 2 is 2.31 bits per heavy atom. The molecule has 0 amide bonds. The zero-order valence-corrected chi connectivity index (χ0v) is 7.02. The van der Waals surface area contributed by atoms with Crippen molar-refractivity contribution >= 4 is 17.5 Å². The zero-order valence-electron chi connectivity index (χ0n) is 6.20. The highest BCUT2D eigenvalue weighted by Gasteiger charge is 2.78. The molecule has 0 radical (unpaired) electrons. The van der Waals surface area contributed by atoms with E-state index in [0.29, 0.717) is 0 Å². The van der Waals surface area contributed by atoms with Crippen LogP contribution in [0.5, 0.6) is 0 Å². The number of alkyl halides is 2. The number of carboxylic acids is 1. The summed E-state index contributed by atoms with van der Waals surface area (Å²) in [4.78, 5) is 10.7. The number of halogens is 2. The largest absolute Gasteiger partial charge is 0.480 e. The van der Waals surface area contributed by atoms with E-state index in [1.54, 1.807) is 0 Å². The van der Waals surface area contributed by atoms with Gasteiger partial charge in [0.25, 0.3) is 5.92 Å². The number of hydrogen-bond donors (Lipinski definition) is 1. The van der Waals surface area contributed by atoms with Gasteiger partial charge in [0.2, 0.25) is 0 Å². The van der Waals surface area contributed by atoms with Crippen LogP contribution < -0.4 is 0 Å². The maximum absolute atomic E-state index is 12.8. The fourth-order valence-corrected chi connectivity index (χ4v) is 1.79. The summed E-state index contributed by atoms with van der Waals surface area (Å²) in [5.74, 6) is -4.72. The van der Waals surface area contributed by atoms with Gasteiger partial charge >= 0.3 is 5.97 Å². The van der Waals surface area contributed by atoms with Crippen LogP contribution in [0, 0.1) is 0 Å². The number of hydrogen-bond acceptors (Lipinski definition) is 4. The molecule has 4 nitrogen and oxygen atoms in total. The molecule has 0 saturated heterocycles. The summed E-state index contributed by atoms with van der Waals surface area (Å²) in [6.45, 7) is 0. The van der Waals surface area contributed by atoms with Gasteiger partial charge in [-0.15, -0.1) is 5.10 Å². The van der Waals surface area contributed by atoms with Crippen molar-refractivity contribution in [2.45, 2.75) is 17.8 Å². The molecule has 2 rings (SSSR count). The van der Waals surface area contributed by atoms with Crippen molar-refractivity contribution in [3.8, 4) is 0 Å². The van der Waals surface area contributed by atoms with Crippen LogP contribution in [0.1, 0.15) is 12.1 Å². The van der Waals surface area contributed by atoms with Gasteiger partial charge in [-0.1, -0.05) is 4.49 Å². The van der Waals surface area contributed by atoms with Gasteiger partial charge in [0.1, 0.15) is 0 Å². The van der Waals surface area contributed by atoms with Gasteiger partial charge in [0.15, 0.2) is 5.41 Å². The van der Waals surface area contributed by atoms with Gasteiger partial charge in [0.05, 0.1) is 5.69 Å². The summed E-state index contributed by atoms with van der Waals surface area (Å²) in [6, 6.07) is 0. The van der Waals surface area contributed by atoms with Crippen LogP contribution in [-0.4, -0.2) is 26.6 Å². The summed E-state index contributed by atoms with van der Waals surface area (Å²) < 4.78 is 29.0. The third kappa shape index (κ3) is 0.902. The first-order chi connectivity index (χ1) is 6.01. The van der Waals surface area contributed by atoms with E-state index in [1.165, 1.54) is 5.38 Å². The summed E-state index contributed by atoms with van der Waals surface area (Å²) in [6.07, 6.45) is -0.680. The Morgan fingerprint density at radius 1 is 1.69 bits per heavy atom. The molecule has 1 saturated carbocycles. The van der Waals surface area contributed by atoms with Gasteiger partial charge in [-0.25, -0.2) is 8.78 Å². The van der Waals surface area contributed by atoms with E-state index in [9.17, 15) is 13.6 Å². The summed E-state index contributed by atoms with van der Waals surface area (Å²) in [5, 5.41) is 13.3. The maximum Gasteiger partial charge on any atom is 0.322 e. The first kappa shape index (κ1) is 8.49. The number of rotatable bonds is 2. The Kier molecular flexibility index (Phi) is 1.45. The molecule has 7 heteroatoms. The fraction of sp³-hybridized carbons (Fsp3) is 0.500. The lowest BCUT2D eigenvalue weighted by Gasteiger charge is -2.05. The Bertz CT molecular complexity index is 354. The summed E-state index contributed by atoms with van der Waals surface area (Å²) >= 11 is 0.867. The standard InChI is InChI=1S/C6H4F2N2O2S/c7-6(8)2-5(6,4(11)12)3-1-13-10-9-3/h1H,2H2,(H,11,12). The molecule has 1 aliphatic carbocycles. The number of carbonyl (C=O) groups is 1. The van der Waals surface area contributed by atoms with E-state index in [0.717, 1.165) is 11.5 Å². The molecule has 0 spiro atoms. The normalized spacial score (nSPS) is 30.0. The van der Waals surface area contributed by atoms with Crippen molar-refractivity contribution in [1.29, 1.82) is 0 Å². The molecule has 13 heavy (non-hydrogen) atoms. The van der Waals surface area contributed by atoms with Gasteiger partial charge in [-0.2, -0.15) is 0 Å². The molecule has 1 heterocycles. The highest BCUT2D eigenvalue weighted by atomic mass is 32.1. The molecule has 1 aromatic rings. The molecule has 1 aliphatic rings. The van der Waals surface area contributed by atoms with Gasteiger partial charge in [0, 0.05) is 11.8 Å². The highest BCUT2D eigenvalue weighted by Crippen LogP contribution is 2.61. The second-order valence-electron chi connectivity index (χ2n) is 2.88. The van der Waals surface area contributed by atoms with Crippen molar-refractivity contribution in [3.05, 3.63) is 11.1 Å². The third-order valence-corrected chi connectivity index (χ3v) is 2.65. The molecule has 1 atom stereocenters. The topological polar surface area (TPSA) is 63.1 Å². The van der Waals surface area contributed by atoms with Crippen LogP contribution in [0.2, 0.25) is 0 Å². The molecule has 70 valence electrons. The first-order valence-corrected chi connectivity index (χ1v) is 4.23. The lowest BCUT2D eigenvalue weighted by molar-refractivity contribution is -0.143. The molecule has 0 bridgehead atoms. The van der Waals surface area contributed by atoms with Crippen molar-refractivity contribution in [2.75, 3.05) is 0 Å². The van der Waals surface area contributed by atoms with Crippen molar-refractivity contribution in [2.24, 2.45) is 0 Å². The van der Waals surface area contributed by atoms with E-state index in [1.807, 2.05) is 0 Å².